The predicted octanol–water partition coefficient (Wildman–Crippen LogP) is 3.18. The van der Waals surface area contributed by atoms with E-state index in [2.05, 4.69) is 22.3 Å². The van der Waals surface area contributed by atoms with Crippen LogP contribution >= 0.6 is 11.6 Å². The van der Waals surface area contributed by atoms with Crippen molar-refractivity contribution in [3.05, 3.63) is 82.5 Å². The summed E-state index contributed by atoms with van der Waals surface area (Å²) in [5, 5.41) is 13.1. The molecule has 1 amide bonds. The first-order valence-corrected chi connectivity index (χ1v) is 9.67. The van der Waals surface area contributed by atoms with Gasteiger partial charge in [0.1, 0.15) is 11.6 Å². The number of nitrogens with one attached hydrogen (secondary N) is 1. The van der Waals surface area contributed by atoms with E-state index in [0.717, 1.165) is 25.2 Å². The largest absolute Gasteiger partial charge is 0.386 e. The standard InChI is InChI=1S/C22H23ClN4O/c23-21-8-6-18(7-9-21)15-25-16-20(14-24)22(28)27-12-10-26(11-13-27)17-19-4-2-1-3-5-19/h1-9,16,25H,10-13,15,17H2/b20-16-. The molecule has 0 aliphatic carbocycles. The summed E-state index contributed by atoms with van der Waals surface area (Å²) in [6, 6.07) is 19.8. The average Bonchev–Trinajstić information content (AvgIpc) is 2.73. The Kier molecular flexibility index (Phi) is 7.07. The van der Waals surface area contributed by atoms with Crippen molar-refractivity contribution >= 4 is 17.5 Å². The van der Waals surface area contributed by atoms with Gasteiger partial charge in [0.05, 0.1) is 0 Å². The molecule has 1 aliphatic rings. The van der Waals surface area contributed by atoms with Crippen molar-refractivity contribution in [3.8, 4) is 6.07 Å². The highest BCUT2D eigenvalue weighted by atomic mass is 35.5. The lowest BCUT2D eigenvalue weighted by atomic mass is 10.2. The molecular weight excluding hydrogens is 372 g/mol. The fraction of sp³-hybridized carbons (Fsp3) is 0.273. The maximum Gasteiger partial charge on any atom is 0.266 e. The summed E-state index contributed by atoms with van der Waals surface area (Å²) in [6.45, 7) is 4.27. The maximum absolute atomic E-state index is 12.6. The minimum absolute atomic E-state index is 0.130. The second-order valence-electron chi connectivity index (χ2n) is 6.73. The van der Waals surface area contributed by atoms with Gasteiger partial charge in [0, 0.05) is 50.5 Å². The van der Waals surface area contributed by atoms with Gasteiger partial charge in [-0.15, -0.1) is 0 Å². The topological polar surface area (TPSA) is 59.4 Å². The summed E-state index contributed by atoms with van der Waals surface area (Å²) in [6.07, 6.45) is 1.51. The molecular formula is C22H23ClN4O. The zero-order chi connectivity index (χ0) is 19.8. The van der Waals surface area contributed by atoms with Gasteiger partial charge in [0.15, 0.2) is 0 Å². The molecule has 1 aliphatic heterocycles. The fourth-order valence-corrected chi connectivity index (χ4v) is 3.26. The molecule has 1 fully saturated rings. The molecule has 0 radical (unpaired) electrons. The lowest BCUT2D eigenvalue weighted by Crippen LogP contribution is -2.48. The lowest BCUT2D eigenvalue weighted by Gasteiger charge is -2.34. The molecule has 1 heterocycles. The van der Waals surface area contributed by atoms with Crippen LogP contribution in [0.3, 0.4) is 0 Å². The Morgan fingerprint density at radius 1 is 1.04 bits per heavy atom. The number of nitriles is 1. The van der Waals surface area contributed by atoms with Gasteiger partial charge in [-0.05, 0) is 23.3 Å². The van der Waals surface area contributed by atoms with Gasteiger partial charge in [-0.3, -0.25) is 9.69 Å². The Bertz CT molecular complexity index is 850. The SMILES string of the molecule is N#C/C(=C/NCc1ccc(Cl)cc1)C(=O)N1CCN(Cc2ccccc2)CC1. The fourth-order valence-electron chi connectivity index (χ4n) is 3.14. The monoisotopic (exact) mass is 394 g/mol. The average molecular weight is 395 g/mol. The summed E-state index contributed by atoms with van der Waals surface area (Å²) < 4.78 is 0. The van der Waals surface area contributed by atoms with Crippen LogP contribution < -0.4 is 5.32 Å². The molecule has 0 saturated carbocycles. The van der Waals surface area contributed by atoms with Gasteiger partial charge < -0.3 is 10.2 Å². The van der Waals surface area contributed by atoms with Gasteiger partial charge in [0.2, 0.25) is 0 Å². The number of rotatable bonds is 6. The molecule has 3 rings (SSSR count). The number of piperazine rings is 1. The molecule has 0 aromatic heterocycles. The molecule has 5 nitrogen and oxygen atoms in total. The highest BCUT2D eigenvalue weighted by Crippen LogP contribution is 2.11. The smallest absolute Gasteiger partial charge is 0.266 e. The van der Waals surface area contributed by atoms with Crippen LogP contribution in [-0.2, 0) is 17.9 Å². The van der Waals surface area contributed by atoms with Crippen LogP contribution in [0.2, 0.25) is 5.02 Å². The number of benzene rings is 2. The molecule has 1 N–H and O–H groups in total. The van der Waals surface area contributed by atoms with Crippen LogP contribution in [0.1, 0.15) is 11.1 Å². The molecule has 2 aromatic rings. The first kappa shape index (κ1) is 19.9. The summed E-state index contributed by atoms with van der Waals surface area (Å²) in [7, 11) is 0. The number of halogens is 1. The molecule has 2 aromatic carbocycles. The second kappa shape index (κ2) is 9.93. The highest BCUT2D eigenvalue weighted by Gasteiger charge is 2.23. The van der Waals surface area contributed by atoms with Crippen molar-refractivity contribution in [3.63, 3.8) is 0 Å². The van der Waals surface area contributed by atoms with E-state index in [0.29, 0.717) is 24.7 Å². The normalized spacial score (nSPS) is 15.1. The number of nitrogens with zero attached hydrogens (tertiary/aromatic N) is 3. The number of hydrogen-bond donors (Lipinski definition) is 1. The quantitative estimate of drug-likeness (QED) is 0.604. The summed E-state index contributed by atoms with van der Waals surface area (Å²) in [5.74, 6) is -0.217. The van der Waals surface area contributed by atoms with E-state index in [9.17, 15) is 10.1 Å². The zero-order valence-electron chi connectivity index (χ0n) is 15.6. The third-order valence-corrected chi connectivity index (χ3v) is 4.98. The van der Waals surface area contributed by atoms with Crippen LogP contribution in [0.5, 0.6) is 0 Å². The van der Waals surface area contributed by atoms with Crippen LogP contribution in [0.15, 0.2) is 66.4 Å². The lowest BCUT2D eigenvalue weighted by molar-refractivity contribution is -0.128. The molecule has 0 atom stereocenters. The van der Waals surface area contributed by atoms with Gasteiger partial charge in [0.25, 0.3) is 5.91 Å². The number of carbonyl (C=O) groups is 1. The maximum atomic E-state index is 12.6. The van der Waals surface area contributed by atoms with E-state index >= 15 is 0 Å². The molecule has 1 saturated heterocycles. The number of carbonyl (C=O) groups excluding carboxylic acids is 1. The van der Waals surface area contributed by atoms with Gasteiger partial charge in [-0.2, -0.15) is 5.26 Å². The predicted molar refractivity (Wildman–Crippen MR) is 110 cm³/mol. The van der Waals surface area contributed by atoms with Crippen LogP contribution in [-0.4, -0.2) is 41.9 Å². The van der Waals surface area contributed by atoms with E-state index in [1.54, 1.807) is 4.90 Å². The Hall–Kier alpha value is -2.81. The minimum Gasteiger partial charge on any atom is -0.386 e. The van der Waals surface area contributed by atoms with Crippen LogP contribution in [0.4, 0.5) is 0 Å². The summed E-state index contributed by atoms with van der Waals surface area (Å²) >= 11 is 5.87. The minimum atomic E-state index is -0.217. The Morgan fingerprint density at radius 2 is 1.71 bits per heavy atom. The molecule has 6 heteroatoms. The van der Waals surface area contributed by atoms with Gasteiger partial charge in [-0.25, -0.2) is 0 Å². The number of amides is 1. The highest BCUT2D eigenvalue weighted by molar-refractivity contribution is 6.30. The van der Waals surface area contributed by atoms with E-state index in [4.69, 9.17) is 11.6 Å². The Morgan fingerprint density at radius 3 is 2.36 bits per heavy atom. The van der Waals surface area contributed by atoms with Gasteiger partial charge in [-0.1, -0.05) is 54.1 Å². The van der Waals surface area contributed by atoms with Crippen molar-refractivity contribution < 1.29 is 4.79 Å². The van der Waals surface area contributed by atoms with Crippen molar-refractivity contribution in [2.75, 3.05) is 26.2 Å². The number of hydrogen-bond acceptors (Lipinski definition) is 4. The third kappa shape index (κ3) is 5.59. The van der Waals surface area contributed by atoms with E-state index in [1.807, 2.05) is 48.5 Å². The van der Waals surface area contributed by atoms with E-state index in [1.165, 1.54) is 11.8 Å². The first-order valence-electron chi connectivity index (χ1n) is 9.29. The second-order valence-corrected chi connectivity index (χ2v) is 7.17. The van der Waals surface area contributed by atoms with E-state index < -0.39 is 0 Å². The first-order chi connectivity index (χ1) is 13.7. The molecule has 28 heavy (non-hydrogen) atoms. The van der Waals surface area contributed by atoms with Crippen molar-refractivity contribution in [2.24, 2.45) is 0 Å². The summed E-state index contributed by atoms with van der Waals surface area (Å²) in [4.78, 5) is 16.7. The molecule has 144 valence electrons. The van der Waals surface area contributed by atoms with Crippen molar-refractivity contribution in [1.82, 2.24) is 15.1 Å². The molecule has 0 unspecified atom stereocenters. The molecule has 0 bridgehead atoms. The van der Waals surface area contributed by atoms with Crippen molar-refractivity contribution in [1.29, 1.82) is 5.26 Å². The Balaban J connectivity index is 1.49. The van der Waals surface area contributed by atoms with E-state index in [-0.39, 0.29) is 11.5 Å². The Labute approximate surface area is 170 Å². The third-order valence-electron chi connectivity index (χ3n) is 4.73. The summed E-state index contributed by atoms with van der Waals surface area (Å²) in [5.41, 5.74) is 2.43. The van der Waals surface area contributed by atoms with Gasteiger partial charge >= 0.3 is 0 Å². The van der Waals surface area contributed by atoms with Crippen LogP contribution in [0.25, 0.3) is 0 Å². The van der Waals surface area contributed by atoms with Crippen LogP contribution in [0, 0.1) is 11.3 Å². The molecule has 0 spiro atoms. The zero-order valence-corrected chi connectivity index (χ0v) is 16.4. The van der Waals surface area contributed by atoms with Crippen molar-refractivity contribution in [2.45, 2.75) is 13.1 Å².